The summed E-state index contributed by atoms with van der Waals surface area (Å²) in [5.41, 5.74) is -0.219. The fourth-order valence-electron chi connectivity index (χ4n) is 1.41. The third-order valence-corrected chi connectivity index (χ3v) is 2.09. The first-order valence-corrected chi connectivity index (χ1v) is 4.16. The molecule has 6 heteroatoms. The van der Waals surface area contributed by atoms with Crippen LogP contribution in [0.5, 0.6) is 5.75 Å². The highest BCUT2D eigenvalue weighted by molar-refractivity contribution is 5.86. The third-order valence-electron chi connectivity index (χ3n) is 2.09. The van der Waals surface area contributed by atoms with Crippen LogP contribution in [0.2, 0.25) is 0 Å². The Morgan fingerprint density at radius 2 is 2.27 bits per heavy atom. The van der Waals surface area contributed by atoms with Crippen LogP contribution in [-0.2, 0) is 0 Å². The van der Waals surface area contributed by atoms with Crippen LogP contribution in [0.1, 0.15) is 0 Å². The predicted octanol–water partition coefficient (Wildman–Crippen LogP) is 0.864. The number of para-hydroxylation sites is 1. The molecule has 0 bridgehead atoms. The molecular weight excluding hydrogens is 200 g/mol. The molecule has 1 aromatic carbocycles. The van der Waals surface area contributed by atoms with Crippen LogP contribution in [0.25, 0.3) is 10.9 Å². The summed E-state index contributed by atoms with van der Waals surface area (Å²) in [7, 11) is 1.45. The van der Waals surface area contributed by atoms with Crippen molar-refractivity contribution < 1.29 is 14.6 Å². The van der Waals surface area contributed by atoms with Crippen molar-refractivity contribution in [2.24, 2.45) is 0 Å². The first kappa shape index (κ1) is 9.32. The topological polar surface area (TPSA) is 84.3 Å². The van der Waals surface area contributed by atoms with Gasteiger partial charge in [0, 0.05) is 0 Å². The van der Waals surface area contributed by atoms with Gasteiger partial charge in [0.1, 0.15) is 11.3 Å². The lowest BCUT2D eigenvalue weighted by molar-refractivity contribution is 0.192. The number of H-pyrrole nitrogens is 1. The zero-order chi connectivity index (χ0) is 11.0. The maximum Gasteiger partial charge on any atom is 0.433 e. The Kier molecular flexibility index (Phi) is 1.96. The highest BCUT2D eigenvalue weighted by Gasteiger charge is 2.13. The fourth-order valence-corrected chi connectivity index (χ4v) is 1.41. The Balaban J connectivity index is 2.87. The maximum absolute atomic E-state index is 11.5. The van der Waals surface area contributed by atoms with E-state index in [2.05, 4.69) is 5.10 Å². The number of aromatic amines is 1. The van der Waals surface area contributed by atoms with Crippen LogP contribution in [0.15, 0.2) is 23.0 Å². The van der Waals surface area contributed by atoms with Crippen LogP contribution in [0.3, 0.4) is 0 Å². The van der Waals surface area contributed by atoms with Gasteiger partial charge in [0.05, 0.1) is 12.5 Å². The summed E-state index contributed by atoms with van der Waals surface area (Å²) in [5, 5.41) is 11.5. The normalized spacial score (nSPS) is 10.5. The van der Waals surface area contributed by atoms with Gasteiger partial charge in [-0.25, -0.2) is 4.79 Å². The van der Waals surface area contributed by atoms with Gasteiger partial charge in [-0.15, -0.1) is 4.68 Å². The number of rotatable bonds is 1. The van der Waals surface area contributed by atoms with E-state index in [4.69, 9.17) is 9.84 Å². The molecule has 2 N–H and O–H groups in total. The van der Waals surface area contributed by atoms with E-state index in [0.29, 0.717) is 15.9 Å². The fraction of sp³-hybridized carbons (Fsp3) is 0.111. The summed E-state index contributed by atoms with van der Waals surface area (Å²) < 4.78 is 5.52. The second-order valence-corrected chi connectivity index (χ2v) is 2.92. The molecule has 6 nitrogen and oxygen atoms in total. The number of benzene rings is 1. The van der Waals surface area contributed by atoms with Gasteiger partial charge in [0.15, 0.2) is 0 Å². The number of nitrogens with one attached hydrogen (secondary N) is 1. The molecule has 0 unspecified atom stereocenters. The van der Waals surface area contributed by atoms with Gasteiger partial charge in [-0.05, 0) is 12.1 Å². The molecule has 0 saturated heterocycles. The second-order valence-electron chi connectivity index (χ2n) is 2.92. The molecule has 2 rings (SSSR count). The van der Waals surface area contributed by atoms with E-state index in [1.54, 1.807) is 12.1 Å². The lowest BCUT2D eigenvalue weighted by Crippen LogP contribution is -2.22. The largest absolute Gasteiger partial charge is 0.494 e. The molecule has 1 heterocycles. The van der Waals surface area contributed by atoms with E-state index in [0.717, 1.165) is 0 Å². The minimum Gasteiger partial charge on any atom is -0.494 e. The first-order valence-electron chi connectivity index (χ1n) is 4.16. The zero-order valence-corrected chi connectivity index (χ0v) is 7.85. The number of hydrogen-bond donors (Lipinski definition) is 2. The van der Waals surface area contributed by atoms with Crippen LogP contribution in [-0.4, -0.2) is 28.1 Å². The molecule has 0 aliphatic carbocycles. The van der Waals surface area contributed by atoms with E-state index >= 15 is 0 Å². The van der Waals surface area contributed by atoms with Crippen molar-refractivity contribution in [1.82, 2.24) is 9.78 Å². The molecule has 15 heavy (non-hydrogen) atoms. The van der Waals surface area contributed by atoms with Crippen molar-refractivity contribution in [3.63, 3.8) is 0 Å². The standard InChI is InChI=1S/C9H8N2O4/c1-15-6-4-2-3-5-7(6)10-11(8(5)12)9(13)14/h2-4,10H,1H3,(H,13,14). The molecule has 0 spiro atoms. The van der Waals surface area contributed by atoms with E-state index in [-0.39, 0.29) is 5.39 Å². The molecule has 0 aliphatic rings. The minimum absolute atomic E-state index is 0.289. The van der Waals surface area contributed by atoms with E-state index in [9.17, 15) is 9.59 Å². The van der Waals surface area contributed by atoms with Crippen LogP contribution in [0, 0.1) is 0 Å². The van der Waals surface area contributed by atoms with Crippen molar-refractivity contribution in [1.29, 1.82) is 0 Å². The number of methoxy groups -OCH3 is 1. The van der Waals surface area contributed by atoms with Gasteiger partial charge < -0.3 is 9.84 Å². The quantitative estimate of drug-likeness (QED) is 0.728. The van der Waals surface area contributed by atoms with Gasteiger partial charge in [-0.2, -0.15) is 0 Å². The third kappa shape index (κ3) is 1.26. The second kappa shape index (κ2) is 3.16. The van der Waals surface area contributed by atoms with Gasteiger partial charge in [-0.3, -0.25) is 9.89 Å². The number of fused-ring (bicyclic) bond motifs is 1. The molecule has 0 saturated carbocycles. The minimum atomic E-state index is -1.35. The molecule has 0 amide bonds. The Bertz CT molecular complexity index is 581. The highest BCUT2D eigenvalue weighted by atomic mass is 16.5. The number of carboxylic acid groups (broad SMARTS) is 1. The van der Waals surface area contributed by atoms with Gasteiger partial charge in [0.2, 0.25) is 0 Å². The van der Waals surface area contributed by atoms with E-state index < -0.39 is 11.7 Å². The van der Waals surface area contributed by atoms with Crippen molar-refractivity contribution >= 4 is 17.0 Å². The summed E-state index contributed by atoms with van der Waals surface area (Å²) in [6.07, 6.45) is -1.35. The predicted molar refractivity (Wildman–Crippen MR) is 52.5 cm³/mol. The monoisotopic (exact) mass is 208 g/mol. The highest BCUT2D eigenvalue weighted by Crippen LogP contribution is 2.20. The number of ether oxygens (including phenoxy) is 1. The van der Waals surface area contributed by atoms with Gasteiger partial charge >= 0.3 is 6.09 Å². The lowest BCUT2D eigenvalue weighted by atomic mass is 10.2. The maximum atomic E-state index is 11.5. The van der Waals surface area contributed by atoms with Crippen LogP contribution in [0.4, 0.5) is 4.79 Å². The lowest BCUT2D eigenvalue weighted by Gasteiger charge is -1.98. The number of aromatic nitrogens is 2. The molecule has 0 fully saturated rings. The van der Waals surface area contributed by atoms with Crippen molar-refractivity contribution in [2.45, 2.75) is 0 Å². The van der Waals surface area contributed by atoms with E-state index in [1.807, 2.05) is 0 Å². The summed E-state index contributed by atoms with van der Waals surface area (Å²) >= 11 is 0. The zero-order valence-electron chi connectivity index (χ0n) is 7.85. The molecule has 2 aromatic rings. The van der Waals surface area contributed by atoms with Crippen molar-refractivity contribution in [2.75, 3.05) is 7.11 Å². The number of hydrogen-bond acceptors (Lipinski definition) is 3. The summed E-state index contributed by atoms with van der Waals surface area (Å²) in [6.45, 7) is 0. The first-order chi connectivity index (χ1) is 7.15. The van der Waals surface area contributed by atoms with E-state index in [1.165, 1.54) is 13.2 Å². The summed E-state index contributed by atoms with van der Waals surface area (Å²) in [5.74, 6) is 0.435. The average Bonchev–Trinajstić information content (AvgIpc) is 2.56. The average molecular weight is 208 g/mol. The molecule has 78 valence electrons. The van der Waals surface area contributed by atoms with Gasteiger partial charge in [-0.1, -0.05) is 6.07 Å². The molecule has 1 aromatic heterocycles. The van der Waals surface area contributed by atoms with Gasteiger partial charge in [0.25, 0.3) is 5.56 Å². The Labute approximate surface area is 83.7 Å². The molecular formula is C9H8N2O4. The smallest absolute Gasteiger partial charge is 0.433 e. The summed E-state index contributed by atoms with van der Waals surface area (Å²) in [6, 6.07) is 4.81. The Morgan fingerprint density at radius 3 is 2.87 bits per heavy atom. The molecule has 0 radical (unpaired) electrons. The number of nitrogens with zero attached hydrogens (tertiary/aromatic N) is 1. The molecule has 0 atom stereocenters. The number of carbonyl (C=O) groups is 1. The van der Waals surface area contributed by atoms with Crippen molar-refractivity contribution in [3.8, 4) is 5.75 Å². The Morgan fingerprint density at radius 1 is 1.53 bits per heavy atom. The van der Waals surface area contributed by atoms with Crippen LogP contribution < -0.4 is 10.3 Å². The molecule has 0 aliphatic heterocycles. The summed E-state index contributed by atoms with van der Waals surface area (Å²) in [4.78, 5) is 22.2. The van der Waals surface area contributed by atoms with Crippen LogP contribution >= 0.6 is 0 Å². The Hall–Kier alpha value is -2.24. The SMILES string of the molecule is COc1cccc2c(=O)n(C(=O)O)[nH]c12. The van der Waals surface area contributed by atoms with Crippen molar-refractivity contribution in [3.05, 3.63) is 28.6 Å².